The normalized spacial score (nSPS) is 10.9. The summed E-state index contributed by atoms with van der Waals surface area (Å²) in [5, 5.41) is 6.50. The van der Waals surface area contributed by atoms with Crippen molar-refractivity contribution in [2.75, 3.05) is 0 Å². The number of aromatic nitrogens is 2. The Morgan fingerprint density at radius 1 is 1.15 bits per heavy atom. The fraction of sp³-hybridized carbons (Fsp3) is 0.0667. The lowest BCUT2D eigenvalue weighted by molar-refractivity contribution is 0.112. The van der Waals surface area contributed by atoms with E-state index in [1.165, 1.54) is 0 Å². The van der Waals surface area contributed by atoms with E-state index in [0.29, 0.717) is 22.2 Å². The Morgan fingerprint density at radius 3 is 2.75 bits per heavy atom. The highest BCUT2D eigenvalue weighted by Gasteiger charge is 2.07. The molecule has 100 valence electrons. The van der Waals surface area contributed by atoms with Crippen LogP contribution in [0.5, 0.6) is 0 Å². The molecule has 3 rings (SSSR count). The second-order valence-corrected chi connectivity index (χ2v) is 5.32. The second kappa shape index (κ2) is 5.27. The number of hydrogen-bond acceptors (Lipinski definition) is 2. The van der Waals surface area contributed by atoms with Gasteiger partial charge in [0.15, 0.2) is 0 Å². The summed E-state index contributed by atoms with van der Waals surface area (Å²) < 4.78 is 1.85. The van der Waals surface area contributed by atoms with Crippen molar-refractivity contribution in [2.45, 2.75) is 6.54 Å². The Kier molecular flexibility index (Phi) is 3.47. The molecular formula is C15H10Cl2N2O. The van der Waals surface area contributed by atoms with Gasteiger partial charge in [0.2, 0.25) is 0 Å². The zero-order valence-corrected chi connectivity index (χ0v) is 11.9. The highest BCUT2D eigenvalue weighted by atomic mass is 35.5. The Labute approximate surface area is 125 Å². The maximum Gasteiger partial charge on any atom is 0.150 e. The van der Waals surface area contributed by atoms with E-state index >= 15 is 0 Å². The van der Waals surface area contributed by atoms with Gasteiger partial charge in [-0.1, -0.05) is 29.3 Å². The van der Waals surface area contributed by atoms with E-state index in [9.17, 15) is 4.79 Å². The molecule has 0 aliphatic carbocycles. The van der Waals surface area contributed by atoms with Crippen LogP contribution in [0.4, 0.5) is 0 Å². The SMILES string of the molecule is O=Cc1ccc2c(cnn2Cc2ccc(Cl)cc2Cl)c1. The molecule has 0 amide bonds. The summed E-state index contributed by atoms with van der Waals surface area (Å²) in [4.78, 5) is 10.8. The van der Waals surface area contributed by atoms with Crippen molar-refractivity contribution in [3.05, 3.63) is 63.8 Å². The monoisotopic (exact) mass is 304 g/mol. The maximum atomic E-state index is 10.8. The fourth-order valence-corrected chi connectivity index (χ4v) is 2.58. The van der Waals surface area contributed by atoms with Gasteiger partial charge in [-0.3, -0.25) is 9.48 Å². The second-order valence-electron chi connectivity index (χ2n) is 4.47. The zero-order valence-electron chi connectivity index (χ0n) is 10.4. The summed E-state index contributed by atoms with van der Waals surface area (Å²) in [5.74, 6) is 0. The average Bonchev–Trinajstić information content (AvgIpc) is 2.84. The molecule has 0 radical (unpaired) electrons. The minimum Gasteiger partial charge on any atom is -0.298 e. The molecule has 0 atom stereocenters. The number of carbonyl (C=O) groups is 1. The van der Waals surface area contributed by atoms with Crippen LogP contribution >= 0.6 is 23.2 Å². The van der Waals surface area contributed by atoms with E-state index in [-0.39, 0.29) is 0 Å². The van der Waals surface area contributed by atoms with Crippen molar-refractivity contribution in [1.29, 1.82) is 0 Å². The van der Waals surface area contributed by atoms with E-state index < -0.39 is 0 Å². The quantitative estimate of drug-likeness (QED) is 0.680. The Balaban J connectivity index is 2.00. The molecule has 3 nitrogen and oxygen atoms in total. The van der Waals surface area contributed by atoms with Crippen LogP contribution < -0.4 is 0 Å². The third kappa shape index (κ3) is 2.42. The highest BCUT2D eigenvalue weighted by Crippen LogP contribution is 2.23. The maximum absolute atomic E-state index is 10.8. The minimum absolute atomic E-state index is 0.555. The van der Waals surface area contributed by atoms with Crippen LogP contribution in [0.1, 0.15) is 15.9 Å². The summed E-state index contributed by atoms with van der Waals surface area (Å²) in [6.45, 7) is 0.555. The van der Waals surface area contributed by atoms with Crippen molar-refractivity contribution in [2.24, 2.45) is 0 Å². The smallest absolute Gasteiger partial charge is 0.150 e. The molecule has 1 heterocycles. The van der Waals surface area contributed by atoms with Crippen molar-refractivity contribution in [3.8, 4) is 0 Å². The molecule has 0 aliphatic rings. The highest BCUT2D eigenvalue weighted by molar-refractivity contribution is 6.35. The molecule has 0 aliphatic heterocycles. The molecule has 0 saturated carbocycles. The summed E-state index contributed by atoms with van der Waals surface area (Å²) in [6, 6.07) is 10.9. The topological polar surface area (TPSA) is 34.9 Å². The molecule has 2 aromatic carbocycles. The summed E-state index contributed by atoms with van der Waals surface area (Å²) in [5.41, 5.74) is 2.55. The Hall–Kier alpha value is -1.84. The van der Waals surface area contributed by atoms with E-state index in [1.54, 1.807) is 24.4 Å². The van der Waals surface area contributed by atoms with Gasteiger partial charge < -0.3 is 0 Å². The van der Waals surface area contributed by atoms with Gasteiger partial charge in [-0.05, 0) is 35.9 Å². The molecular weight excluding hydrogens is 295 g/mol. The number of nitrogens with zero attached hydrogens (tertiary/aromatic N) is 2. The number of rotatable bonds is 3. The van der Waals surface area contributed by atoms with Gasteiger partial charge in [0.1, 0.15) is 6.29 Å². The number of benzene rings is 2. The van der Waals surface area contributed by atoms with Crippen molar-refractivity contribution in [3.63, 3.8) is 0 Å². The van der Waals surface area contributed by atoms with Gasteiger partial charge in [-0.2, -0.15) is 5.10 Å². The molecule has 0 bridgehead atoms. The summed E-state index contributed by atoms with van der Waals surface area (Å²) in [6.07, 6.45) is 2.57. The third-order valence-electron chi connectivity index (χ3n) is 3.14. The van der Waals surface area contributed by atoms with Crippen molar-refractivity contribution in [1.82, 2.24) is 9.78 Å². The van der Waals surface area contributed by atoms with Gasteiger partial charge >= 0.3 is 0 Å². The van der Waals surface area contributed by atoms with Gasteiger partial charge in [0, 0.05) is 21.0 Å². The van der Waals surface area contributed by atoms with Crippen molar-refractivity contribution < 1.29 is 4.79 Å². The predicted octanol–water partition coefficient (Wildman–Crippen LogP) is 4.20. The minimum atomic E-state index is 0.555. The Bertz CT molecular complexity index is 796. The van der Waals surface area contributed by atoms with Crippen LogP contribution in [0.25, 0.3) is 10.9 Å². The molecule has 0 saturated heterocycles. The van der Waals surface area contributed by atoms with E-state index in [4.69, 9.17) is 23.2 Å². The number of aldehydes is 1. The standard InChI is InChI=1S/C15H10Cl2N2O/c16-13-3-2-11(14(17)6-13)8-19-15-4-1-10(9-20)5-12(15)7-18-19/h1-7,9H,8H2. The van der Waals surface area contributed by atoms with Crippen LogP contribution in [0.2, 0.25) is 10.0 Å². The molecule has 3 aromatic rings. The summed E-state index contributed by atoms with van der Waals surface area (Å²) in [7, 11) is 0. The first-order valence-electron chi connectivity index (χ1n) is 6.02. The Morgan fingerprint density at radius 2 is 2.00 bits per heavy atom. The van der Waals surface area contributed by atoms with Crippen LogP contribution in [0, 0.1) is 0 Å². The fourth-order valence-electron chi connectivity index (χ4n) is 2.12. The number of halogens is 2. The van der Waals surface area contributed by atoms with E-state index in [1.807, 2.05) is 22.9 Å². The van der Waals surface area contributed by atoms with Crippen LogP contribution in [0.15, 0.2) is 42.6 Å². The first kappa shape index (κ1) is 13.2. The largest absolute Gasteiger partial charge is 0.298 e. The molecule has 5 heteroatoms. The summed E-state index contributed by atoms with van der Waals surface area (Å²) >= 11 is 12.1. The van der Waals surface area contributed by atoms with Crippen molar-refractivity contribution >= 4 is 40.4 Å². The van der Waals surface area contributed by atoms with Gasteiger partial charge in [0.05, 0.1) is 18.3 Å². The average molecular weight is 305 g/mol. The number of carbonyl (C=O) groups excluding carboxylic acids is 1. The van der Waals surface area contributed by atoms with Crippen LogP contribution in [0.3, 0.4) is 0 Å². The van der Waals surface area contributed by atoms with Crippen LogP contribution in [-0.2, 0) is 6.54 Å². The number of fused-ring (bicyclic) bond motifs is 1. The molecule has 0 fully saturated rings. The lowest BCUT2D eigenvalue weighted by atomic mass is 10.2. The molecule has 0 unspecified atom stereocenters. The van der Waals surface area contributed by atoms with Gasteiger partial charge in [-0.15, -0.1) is 0 Å². The van der Waals surface area contributed by atoms with Crippen LogP contribution in [-0.4, -0.2) is 16.1 Å². The van der Waals surface area contributed by atoms with Gasteiger partial charge in [-0.25, -0.2) is 0 Å². The van der Waals surface area contributed by atoms with E-state index in [2.05, 4.69) is 5.10 Å². The van der Waals surface area contributed by atoms with E-state index in [0.717, 1.165) is 22.8 Å². The molecule has 0 spiro atoms. The first-order valence-corrected chi connectivity index (χ1v) is 6.77. The lowest BCUT2D eigenvalue weighted by Crippen LogP contribution is -2.02. The molecule has 0 N–H and O–H groups in total. The third-order valence-corrected chi connectivity index (χ3v) is 3.72. The lowest BCUT2D eigenvalue weighted by Gasteiger charge is -2.06. The zero-order chi connectivity index (χ0) is 14.1. The predicted molar refractivity (Wildman–Crippen MR) is 80.7 cm³/mol. The molecule has 20 heavy (non-hydrogen) atoms. The van der Waals surface area contributed by atoms with Gasteiger partial charge in [0.25, 0.3) is 0 Å². The molecule has 1 aromatic heterocycles. The first-order chi connectivity index (χ1) is 9.67. The number of hydrogen-bond donors (Lipinski definition) is 0.